The fourth-order valence-electron chi connectivity index (χ4n) is 6.98. The Bertz CT molecular complexity index is 1480. The van der Waals surface area contributed by atoms with Crippen LogP contribution in [0.2, 0.25) is 0 Å². The van der Waals surface area contributed by atoms with Gasteiger partial charge in [0.15, 0.2) is 11.9 Å². The first-order chi connectivity index (χ1) is 24.7. The van der Waals surface area contributed by atoms with Crippen molar-refractivity contribution in [2.45, 2.75) is 110 Å². The maximum atomic E-state index is 14.3. The number of ketones is 1. The molecule has 0 bridgehead atoms. The molecule has 0 aliphatic carbocycles. The van der Waals surface area contributed by atoms with Gasteiger partial charge in [-0.25, -0.2) is 9.78 Å². The Kier molecular flexibility index (Phi) is 16.7. The minimum absolute atomic E-state index is 0.0113. The van der Waals surface area contributed by atoms with Gasteiger partial charge in [-0.05, 0) is 56.7 Å². The van der Waals surface area contributed by atoms with Gasteiger partial charge in [0.2, 0.25) is 5.91 Å². The van der Waals surface area contributed by atoms with Gasteiger partial charge in [-0.3, -0.25) is 24.1 Å². The Morgan fingerprint density at radius 1 is 1.08 bits per heavy atom. The van der Waals surface area contributed by atoms with Gasteiger partial charge in [0.25, 0.3) is 5.91 Å². The third-order valence-electron chi connectivity index (χ3n) is 10.5. The second kappa shape index (κ2) is 20.4. The quantitative estimate of drug-likeness (QED) is 0.158. The number of hydrogen-bond donors (Lipinski definition) is 3. The van der Waals surface area contributed by atoms with Gasteiger partial charge in [0, 0.05) is 50.3 Å². The topological polar surface area (TPSA) is 158 Å². The van der Waals surface area contributed by atoms with Gasteiger partial charge in [-0.2, -0.15) is 0 Å². The highest BCUT2D eigenvalue weighted by Gasteiger charge is 2.38. The fraction of sp³-hybridized carbons (Fsp3) is 0.641. The van der Waals surface area contributed by atoms with E-state index in [-0.39, 0.29) is 60.6 Å². The van der Waals surface area contributed by atoms with E-state index < -0.39 is 42.0 Å². The summed E-state index contributed by atoms with van der Waals surface area (Å²) in [7, 11) is 5.19. The van der Waals surface area contributed by atoms with Crippen LogP contribution >= 0.6 is 11.3 Å². The number of carboxylic acids is 1. The number of aliphatic carboxylic acids is 1. The van der Waals surface area contributed by atoms with Crippen LogP contribution in [0, 0.1) is 23.7 Å². The molecular weight excluding hydrogens is 683 g/mol. The number of thiazole rings is 1. The van der Waals surface area contributed by atoms with E-state index in [1.807, 2.05) is 65.1 Å². The Morgan fingerprint density at radius 3 is 2.37 bits per heavy atom. The number of piperidine rings is 1. The van der Waals surface area contributed by atoms with Crippen molar-refractivity contribution in [2.75, 3.05) is 27.7 Å². The molecule has 0 unspecified atom stereocenters. The van der Waals surface area contributed by atoms with E-state index in [9.17, 15) is 29.1 Å². The summed E-state index contributed by atoms with van der Waals surface area (Å²) in [5, 5.41) is 17.0. The molecule has 3 rings (SSSR count). The predicted octanol–water partition coefficient (Wildman–Crippen LogP) is 5.97. The number of Topliss-reactive ketones (excluding diaryl/α,β-unsaturated/α-hetero) is 1. The maximum Gasteiger partial charge on any atom is 0.407 e. The Morgan fingerprint density at radius 2 is 1.77 bits per heavy atom. The van der Waals surface area contributed by atoms with Gasteiger partial charge in [0.05, 0.1) is 12.0 Å². The van der Waals surface area contributed by atoms with E-state index in [0.29, 0.717) is 11.4 Å². The van der Waals surface area contributed by atoms with Crippen LogP contribution in [0.1, 0.15) is 107 Å². The van der Waals surface area contributed by atoms with E-state index in [0.717, 1.165) is 37.8 Å². The molecule has 1 fully saturated rings. The summed E-state index contributed by atoms with van der Waals surface area (Å²) in [5.41, 5.74) is 1.09. The number of rotatable bonds is 19. The van der Waals surface area contributed by atoms with Gasteiger partial charge in [-0.1, -0.05) is 77.8 Å². The molecular formula is C39H59N5O7S. The van der Waals surface area contributed by atoms with E-state index in [1.54, 1.807) is 24.3 Å². The summed E-state index contributed by atoms with van der Waals surface area (Å²) < 4.78 is 5.82. The highest BCUT2D eigenvalue weighted by Crippen LogP contribution is 2.33. The molecule has 1 aromatic carbocycles. The number of carboxylic acid groups (broad SMARTS) is 1. The van der Waals surface area contributed by atoms with Gasteiger partial charge >= 0.3 is 12.1 Å². The average Bonchev–Trinajstić information content (AvgIpc) is 3.62. The zero-order valence-corrected chi connectivity index (χ0v) is 32.9. The van der Waals surface area contributed by atoms with Crippen LogP contribution in [0.15, 0.2) is 35.7 Å². The second-order valence-corrected chi connectivity index (χ2v) is 15.6. The summed E-state index contributed by atoms with van der Waals surface area (Å²) in [6.45, 7) is 10.5. The monoisotopic (exact) mass is 741 g/mol. The first-order valence-corrected chi connectivity index (χ1v) is 19.5. The second-order valence-electron chi connectivity index (χ2n) is 14.7. The van der Waals surface area contributed by atoms with Crippen molar-refractivity contribution in [3.8, 4) is 0 Å². The molecule has 288 valence electrons. The lowest BCUT2D eigenvalue weighted by Crippen LogP contribution is -2.48. The summed E-state index contributed by atoms with van der Waals surface area (Å²) in [6, 6.07) is 8.52. The van der Waals surface area contributed by atoms with E-state index >= 15 is 0 Å². The summed E-state index contributed by atoms with van der Waals surface area (Å²) in [5.74, 6) is -2.63. The summed E-state index contributed by atoms with van der Waals surface area (Å²) in [4.78, 5) is 74.0. The number of carbonyl (C=O) groups is 5. The number of amides is 3. The molecule has 2 aromatic rings. The van der Waals surface area contributed by atoms with Crippen molar-refractivity contribution in [1.82, 2.24) is 25.4 Å². The van der Waals surface area contributed by atoms with Crippen LogP contribution in [0.3, 0.4) is 0 Å². The molecule has 1 aliphatic heterocycles. The zero-order chi connectivity index (χ0) is 38.5. The molecule has 3 amide bonds. The predicted molar refractivity (Wildman–Crippen MR) is 202 cm³/mol. The average molecular weight is 742 g/mol. The molecule has 0 spiro atoms. The lowest BCUT2D eigenvalue weighted by Gasteiger charge is -2.37. The third-order valence-corrected chi connectivity index (χ3v) is 11.4. The number of likely N-dealkylation sites (tertiary alicyclic amines) is 1. The largest absolute Gasteiger partial charge is 0.481 e. The molecule has 0 saturated carbocycles. The molecule has 52 heavy (non-hydrogen) atoms. The minimum atomic E-state index is -0.945. The minimum Gasteiger partial charge on any atom is -0.481 e. The number of carbonyl (C=O) groups excluding carboxylic acids is 4. The highest BCUT2D eigenvalue weighted by molar-refractivity contribution is 7.09. The standard InChI is InChI=1S/C39H59N5O7S/c1-9-25(4)29(21-33(45)31-17-13-14-18-43(31)7)37(47)44(8)32(24(2)3)22-34(51-39(50)40-6)36-42-30(23-52-36)35(46)41-28(19-26(5)38(48)49)20-27-15-11-10-12-16-27/h10-12,15-16,23-26,28-29,31-32,34H,9,13-14,17-22H2,1-8H3,(H,40,50)(H,41,46)(H,48,49)/t25-,26-,28+,29-,31+,32+,34+/m0/s1. The number of hydrogen-bond acceptors (Lipinski definition) is 9. The first kappa shape index (κ1) is 42.6. The van der Waals surface area contributed by atoms with E-state index in [2.05, 4.69) is 20.5 Å². The normalized spacial score (nSPS) is 18.4. The van der Waals surface area contributed by atoms with Crippen LogP contribution < -0.4 is 10.6 Å². The maximum absolute atomic E-state index is 14.3. The van der Waals surface area contributed by atoms with Crippen LogP contribution in [-0.2, 0) is 25.5 Å². The number of alkyl carbamates (subject to hydrolysis) is 1. The number of nitrogens with zero attached hydrogens (tertiary/aromatic N) is 3. The third kappa shape index (κ3) is 12.1. The summed E-state index contributed by atoms with van der Waals surface area (Å²) in [6.07, 6.45) is 3.15. The Balaban J connectivity index is 1.83. The van der Waals surface area contributed by atoms with Crippen LogP contribution in [0.5, 0.6) is 0 Å². The number of likely N-dealkylation sites (N-methyl/N-ethyl adjacent to an activating group) is 1. The fourth-order valence-corrected chi connectivity index (χ4v) is 7.82. The summed E-state index contributed by atoms with van der Waals surface area (Å²) >= 11 is 1.18. The van der Waals surface area contributed by atoms with Crippen molar-refractivity contribution in [3.05, 3.63) is 52.0 Å². The van der Waals surface area contributed by atoms with Gasteiger partial charge in [0.1, 0.15) is 10.7 Å². The molecule has 2 heterocycles. The molecule has 1 aromatic heterocycles. The van der Waals surface area contributed by atoms with Crippen molar-refractivity contribution < 1.29 is 33.8 Å². The molecule has 7 atom stereocenters. The molecule has 3 N–H and O–H groups in total. The van der Waals surface area contributed by atoms with Crippen LogP contribution in [-0.4, -0.2) is 95.4 Å². The van der Waals surface area contributed by atoms with Crippen LogP contribution in [0.4, 0.5) is 4.79 Å². The molecule has 1 saturated heterocycles. The SMILES string of the molecule is CC[C@H](C)[C@H](CC(=O)[C@H]1CCCCN1C)C(=O)N(C)[C@H](C[C@@H](OC(=O)NC)c1nc(C(=O)N[C@@H](Cc2ccccc2)C[C@H](C)C(=O)O)cs1)C(C)C. The van der Waals surface area contributed by atoms with Crippen LogP contribution in [0.25, 0.3) is 0 Å². The van der Waals surface area contributed by atoms with Crippen molar-refractivity contribution in [2.24, 2.45) is 23.7 Å². The number of nitrogens with one attached hydrogen (secondary N) is 2. The Labute approximate surface area is 313 Å². The molecule has 13 heteroatoms. The number of ether oxygens (including phenoxy) is 1. The van der Waals surface area contributed by atoms with E-state index in [1.165, 1.54) is 18.4 Å². The smallest absolute Gasteiger partial charge is 0.407 e. The first-order valence-electron chi connectivity index (χ1n) is 18.6. The lowest BCUT2D eigenvalue weighted by atomic mass is 9.83. The van der Waals surface area contributed by atoms with Gasteiger partial charge < -0.3 is 25.4 Å². The van der Waals surface area contributed by atoms with E-state index in [4.69, 9.17) is 4.74 Å². The van der Waals surface area contributed by atoms with Crippen molar-refractivity contribution in [3.63, 3.8) is 0 Å². The van der Waals surface area contributed by atoms with Crippen molar-refractivity contribution in [1.29, 1.82) is 0 Å². The van der Waals surface area contributed by atoms with Gasteiger partial charge in [-0.15, -0.1) is 11.3 Å². The lowest BCUT2D eigenvalue weighted by molar-refractivity contribution is -0.143. The highest BCUT2D eigenvalue weighted by atomic mass is 32.1. The Hall–Kier alpha value is -3.84. The molecule has 12 nitrogen and oxygen atoms in total. The number of benzene rings is 1. The molecule has 1 aliphatic rings. The number of aromatic nitrogens is 1. The zero-order valence-electron chi connectivity index (χ0n) is 32.1. The van der Waals surface area contributed by atoms with Crippen molar-refractivity contribution >= 4 is 41.0 Å². The molecule has 0 radical (unpaired) electrons.